The number of esters is 1. The van der Waals surface area contributed by atoms with E-state index >= 15 is 0 Å². The van der Waals surface area contributed by atoms with Crippen LogP contribution in [0.2, 0.25) is 0 Å². The highest BCUT2D eigenvalue weighted by atomic mass is 79.9. The summed E-state index contributed by atoms with van der Waals surface area (Å²) in [6.45, 7) is 0. The molecule has 2 bridgehead atoms. The van der Waals surface area contributed by atoms with Crippen LogP contribution in [0.3, 0.4) is 0 Å². The maximum absolute atomic E-state index is 12.3. The van der Waals surface area contributed by atoms with Crippen LogP contribution in [0.5, 0.6) is 0 Å². The van der Waals surface area contributed by atoms with Gasteiger partial charge in [0.1, 0.15) is 5.54 Å². The summed E-state index contributed by atoms with van der Waals surface area (Å²) in [4.78, 5) is 12.3. The Labute approximate surface area is 121 Å². The third-order valence-corrected chi connectivity index (χ3v) is 5.14. The summed E-state index contributed by atoms with van der Waals surface area (Å²) in [6.07, 6.45) is 4.44. The molecule has 1 N–H and O–H groups in total. The van der Waals surface area contributed by atoms with E-state index in [2.05, 4.69) is 21.2 Å². The molecule has 3 unspecified atom stereocenters. The van der Waals surface area contributed by atoms with Gasteiger partial charge in [-0.25, -0.2) is 4.79 Å². The molecular weight excluding hydrogens is 306 g/mol. The molecule has 1 aromatic carbocycles. The molecule has 0 saturated heterocycles. The molecule has 2 aliphatic rings. The molecule has 2 saturated carbocycles. The number of hydrogen-bond acceptors (Lipinski definition) is 3. The Kier molecular flexibility index (Phi) is 3.29. The second kappa shape index (κ2) is 4.82. The van der Waals surface area contributed by atoms with Gasteiger partial charge in [0.25, 0.3) is 0 Å². The van der Waals surface area contributed by atoms with Crippen LogP contribution >= 0.6 is 15.9 Å². The van der Waals surface area contributed by atoms with Gasteiger partial charge in [0.15, 0.2) is 0 Å². The zero-order valence-corrected chi connectivity index (χ0v) is 12.6. The first kappa shape index (κ1) is 13.0. The van der Waals surface area contributed by atoms with Crippen molar-refractivity contribution in [2.24, 2.45) is 11.8 Å². The van der Waals surface area contributed by atoms with E-state index in [0.717, 1.165) is 29.4 Å². The number of fused-ring (bicyclic) bond motifs is 2. The maximum Gasteiger partial charge on any atom is 0.331 e. The zero-order valence-electron chi connectivity index (χ0n) is 11.0. The largest absolute Gasteiger partial charge is 0.467 e. The number of nitrogens with one attached hydrogen (secondary N) is 1. The lowest BCUT2D eigenvalue weighted by Crippen LogP contribution is -2.51. The number of methoxy groups -OCH3 is 1. The highest BCUT2D eigenvalue weighted by Crippen LogP contribution is 2.52. The number of halogens is 1. The quantitative estimate of drug-likeness (QED) is 0.864. The van der Waals surface area contributed by atoms with Gasteiger partial charge in [-0.1, -0.05) is 15.9 Å². The van der Waals surface area contributed by atoms with Crippen molar-refractivity contribution in [1.82, 2.24) is 0 Å². The second-order valence-corrected chi connectivity index (χ2v) is 6.59. The molecule has 19 heavy (non-hydrogen) atoms. The fourth-order valence-corrected chi connectivity index (χ4v) is 4.02. The second-order valence-electron chi connectivity index (χ2n) is 5.67. The number of ether oxygens (including phenoxy) is 1. The summed E-state index contributed by atoms with van der Waals surface area (Å²) < 4.78 is 6.12. The lowest BCUT2D eigenvalue weighted by Gasteiger charge is -2.36. The Morgan fingerprint density at radius 3 is 2.63 bits per heavy atom. The number of benzene rings is 1. The van der Waals surface area contributed by atoms with Crippen molar-refractivity contribution < 1.29 is 9.53 Å². The van der Waals surface area contributed by atoms with Crippen LogP contribution in [0.1, 0.15) is 25.7 Å². The van der Waals surface area contributed by atoms with Crippen LogP contribution in [0.15, 0.2) is 28.7 Å². The van der Waals surface area contributed by atoms with E-state index in [9.17, 15) is 4.79 Å². The molecule has 0 aliphatic heterocycles. The van der Waals surface area contributed by atoms with Crippen molar-refractivity contribution in [2.45, 2.75) is 31.2 Å². The van der Waals surface area contributed by atoms with Crippen molar-refractivity contribution in [2.75, 3.05) is 12.4 Å². The SMILES string of the molecule is COC(=O)C1(Nc2ccc(Br)cc2)CC2CCC1C2. The summed E-state index contributed by atoms with van der Waals surface area (Å²) in [5.74, 6) is 0.975. The first-order valence-electron chi connectivity index (χ1n) is 6.76. The van der Waals surface area contributed by atoms with Crippen LogP contribution in [0.4, 0.5) is 5.69 Å². The fraction of sp³-hybridized carbons (Fsp3) is 0.533. The first-order chi connectivity index (χ1) is 9.14. The molecule has 3 rings (SSSR count). The van der Waals surface area contributed by atoms with Crippen molar-refractivity contribution >= 4 is 27.6 Å². The number of rotatable bonds is 3. The monoisotopic (exact) mass is 323 g/mol. The van der Waals surface area contributed by atoms with Crippen LogP contribution < -0.4 is 5.32 Å². The van der Waals surface area contributed by atoms with Crippen molar-refractivity contribution in [3.05, 3.63) is 28.7 Å². The fourth-order valence-electron chi connectivity index (χ4n) is 3.76. The van der Waals surface area contributed by atoms with Gasteiger partial charge in [-0.05, 0) is 61.8 Å². The Hall–Kier alpha value is -1.03. The molecule has 3 nitrogen and oxygen atoms in total. The molecule has 0 amide bonds. The predicted molar refractivity (Wildman–Crippen MR) is 78.0 cm³/mol. The van der Waals surface area contributed by atoms with E-state index in [-0.39, 0.29) is 5.97 Å². The third kappa shape index (κ3) is 2.16. The number of anilines is 1. The van der Waals surface area contributed by atoms with Crippen LogP contribution in [0.25, 0.3) is 0 Å². The van der Waals surface area contributed by atoms with Gasteiger partial charge < -0.3 is 10.1 Å². The van der Waals surface area contributed by atoms with E-state index in [1.807, 2.05) is 24.3 Å². The minimum atomic E-state index is -0.508. The van der Waals surface area contributed by atoms with E-state index in [1.165, 1.54) is 13.5 Å². The van der Waals surface area contributed by atoms with Crippen LogP contribution in [-0.4, -0.2) is 18.6 Å². The molecule has 2 fully saturated rings. The normalized spacial score (nSPS) is 32.3. The number of hydrogen-bond donors (Lipinski definition) is 1. The van der Waals surface area contributed by atoms with E-state index < -0.39 is 5.54 Å². The summed E-state index contributed by atoms with van der Waals surface area (Å²) in [7, 11) is 1.49. The molecule has 0 heterocycles. The number of carbonyl (C=O) groups is 1. The van der Waals surface area contributed by atoms with E-state index in [4.69, 9.17) is 4.74 Å². The van der Waals surface area contributed by atoms with Crippen LogP contribution in [0, 0.1) is 11.8 Å². The molecule has 4 heteroatoms. The molecule has 0 radical (unpaired) electrons. The van der Waals surface area contributed by atoms with Crippen molar-refractivity contribution in [1.29, 1.82) is 0 Å². The molecule has 2 aliphatic carbocycles. The Bertz CT molecular complexity index is 487. The molecule has 102 valence electrons. The molecule has 0 spiro atoms. The van der Waals surface area contributed by atoms with Crippen molar-refractivity contribution in [3.63, 3.8) is 0 Å². The van der Waals surface area contributed by atoms with Gasteiger partial charge in [0, 0.05) is 10.2 Å². The zero-order chi connectivity index (χ0) is 13.5. The minimum Gasteiger partial charge on any atom is -0.467 e. The summed E-state index contributed by atoms with van der Waals surface area (Å²) in [6, 6.07) is 7.97. The lowest BCUT2D eigenvalue weighted by atomic mass is 9.80. The Morgan fingerprint density at radius 1 is 1.37 bits per heavy atom. The topological polar surface area (TPSA) is 38.3 Å². The maximum atomic E-state index is 12.3. The average Bonchev–Trinajstić information content (AvgIpc) is 3.01. The van der Waals surface area contributed by atoms with Gasteiger partial charge in [-0.3, -0.25) is 0 Å². The van der Waals surface area contributed by atoms with Gasteiger partial charge in [0.2, 0.25) is 0 Å². The lowest BCUT2D eigenvalue weighted by molar-refractivity contribution is -0.148. The molecule has 0 aromatic heterocycles. The first-order valence-corrected chi connectivity index (χ1v) is 7.55. The highest BCUT2D eigenvalue weighted by Gasteiger charge is 2.56. The van der Waals surface area contributed by atoms with Gasteiger partial charge in [-0.15, -0.1) is 0 Å². The molecular formula is C15H18BrNO2. The smallest absolute Gasteiger partial charge is 0.331 e. The summed E-state index contributed by atoms with van der Waals surface area (Å²) in [5, 5.41) is 3.47. The minimum absolute atomic E-state index is 0.109. The molecule has 1 aromatic rings. The van der Waals surface area contributed by atoms with Gasteiger partial charge in [-0.2, -0.15) is 0 Å². The van der Waals surface area contributed by atoms with E-state index in [1.54, 1.807) is 0 Å². The standard InChI is InChI=1S/C15H18BrNO2/c1-19-14(18)15(9-10-2-3-11(15)8-10)17-13-6-4-12(16)5-7-13/h4-7,10-11,17H,2-3,8-9H2,1H3. The van der Waals surface area contributed by atoms with E-state index in [0.29, 0.717) is 11.8 Å². The summed E-state index contributed by atoms with van der Waals surface area (Å²) in [5.41, 5.74) is 0.479. The number of carbonyl (C=O) groups excluding carboxylic acids is 1. The predicted octanol–water partition coefficient (Wildman–Crippen LogP) is 3.59. The Morgan fingerprint density at radius 2 is 2.11 bits per heavy atom. The van der Waals surface area contributed by atoms with Gasteiger partial charge >= 0.3 is 5.97 Å². The third-order valence-electron chi connectivity index (χ3n) is 4.61. The highest BCUT2D eigenvalue weighted by molar-refractivity contribution is 9.10. The van der Waals surface area contributed by atoms with Crippen molar-refractivity contribution in [3.8, 4) is 0 Å². The average molecular weight is 324 g/mol. The van der Waals surface area contributed by atoms with Crippen LogP contribution in [-0.2, 0) is 9.53 Å². The summed E-state index contributed by atoms with van der Waals surface area (Å²) >= 11 is 3.43. The Balaban J connectivity index is 1.88. The molecule has 3 atom stereocenters. The van der Waals surface area contributed by atoms with Gasteiger partial charge in [0.05, 0.1) is 7.11 Å².